The van der Waals surface area contributed by atoms with E-state index < -0.39 is 43.2 Å². The Morgan fingerprint density at radius 1 is 1.00 bits per heavy atom. The molecule has 0 aliphatic carbocycles. The number of hydrogen-bond acceptors (Lipinski definition) is 5. The molecule has 0 amide bonds. The van der Waals surface area contributed by atoms with Crippen molar-refractivity contribution < 1.29 is 35.1 Å². The average Bonchev–Trinajstić information content (AvgIpc) is 2.53. The first kappa shape index (κ1) is 19.1. The number of nitriles is 2. The Kier molecular flexibility index (Phi) is 4.87. The minimum atomic E-state index is -6.03. The number of ether oxygens (including phenoxy) is 1. The minimum absolute atomic E-state index is 0.171. The van der Waals surface area contributed by atoms with Crippen LogP contribution < -0.4 is 4.74 Å². The highest BCUT2D eigenvalue weighted by Gasteiger charge is 2.48. The summed E-state index contributed by atoms with van der Waals surface area (Å²) in [5.74, 6) is -3.85. The Labute approximate surface area is 143 Å². The van der Waals surface area contributed by atoms with Crippen LogP contribution in [-0.4, -0.2) is 13.9 Å². The van der Waals surface area contributed by atoms with Crippen LogP contribution in [-0.2, 0) is 9.84 Å². The molecule has 0 saturated heterocycles. The Balaban J connectivity index is 2.58. The van der Waals surface area contributed by atoms with Gasteiger partial charge in [0.15, 0.2) is 5.82 Å². The van der Waals surface area contributed by atoms with Crippen LogP contribution in [0.4, 0.5) is 22.0 Å². The summed E-state index contributed by atoms with van der Waals surface area (Å²) < 4.78 is 92.9. The molecule has 2 aromatic carbocycles. The summed E-state index contributed by atoms with van der Waals surface area (Å²) in [4.78, 5) is -1.74. The molecule has 0 fully saturated rings. The van der Waals surface area contributed by atoms with Crippen LogP contribution in [0.1, 0.15) is 11.1 Å². The van der Waals surface area contributed by atoms with E-state index in [1.807, 2.05) is 0 Å². The van der Waals surface area contributed by atoms with Crippen molar-refractivity contribution in [1.29, 1.82) is 10.5 Å². The van der Waals surface area contributed by atoms with Crippen LogP contribution in [0.3, 0.4) is 0 Å². The van der Waals surface area contributed by atoms with Gasteiger partial charge in [0.05, 0.1) is 11.6 Å². The molecule has 0 aromatic heterocycles. The van der Waals surface area contributed by atoms with E-state index in [-0.39, 0.29) is 17.4 Å². The number of benzene rings is 2. The second kappa shape index (κ2) is 6.61. The molecule has 0 unspecified atom stereocenters. The number of nitrogens with zero attached hydrogens (tertiary/aromatic N) is 2. The van der Waals surface area contributed by atoms with Gasteiger partial charge in [-0.1, -0.05) is 0 Å². The van der Waals surface area contributed by atoms with E-state index in [0.29, 0.717) is 6.07 Å². The zero-order chi connectivity index (χ0) is 19.7. The minimum Gasteiger partial charge on any atom is -0.456 e. The number of rotatable bonds is 3. The Hall–Kier alpha value is -3.18. The van der Waals surface area contributed by atoms with Crippen LogP contribution in [0.2, 0.25) is 0 Å². The maximum atomic E-state index is 14.2. The van der Waals surface area contributed by atoms with Gasteiger partial charge >= 0.3 is 5.51 Å². The van der Waals surface area contributed by atoms with Gasteiger partial charge in [-0.25, -0.2) is 17.2 Å². The predicted molar refractivity (Wildman–Crippen MR) is 75.5 cm³/mol. The highest BCUT2D eigenvalue weighted by atomic mass is 32.2. The van der Waals surface area contributed by atoms with Crippen molar-refractivity contribution in [2.45, 2.75) is 10.4 Å². The summed E-state index contributed by atoms with van der Waals surface area (Å²) in [6.07, 6.45) is 0. The molecular formula is C15H5F5N2O3S. The highest BCUT2D eigenvalue weighted by molar-refractivity contribution is 7.92. The van der Waals surface area contributed by atoms with Crippen LogP contribution in [0.25, 0.3) is 0 Å². The fourth-order valence-electron chi connectivity index (χ4n) is 1.87. The second-order valence-electron chi connectivity index (χ2n) is 4.70. The monoisotopic (exact) mass is 388 g/mol. The van der Waals surface area contributed by atoms with Gasteiger partial charge in [-0.3, -0.25) is 0 Å². The van der Waals surface area contributed by atoms with E-state index in [9.17, 15) is 30.4 Å². The standard InChI is InChI=1S/C15H5F5N2O3S/c16-9-3-8(6-21)4-10(5-9)25-12-1-2-13(14(17)11(12)7-22)26(23,24)15(18,19)20/h1-5H. The zero-order valence-corrected chi connectivity index (χ0v) is 13.1. The summed E-state index contributed by atoms with van der Waals surface area (Å²) >= 11 is 0. The first-order chi connectivity index (χ1) is 12.0. The fourth-order valence-corrected chi connectivity index (χ4v) is 2.71. The summed E-state index contributed by atoms with van der Waals surface area (Å²) in [6.45, 7) is 0. The van der Waals surface area contributed by atoms with Crippen LogP contribution in [0.5, 0.6) is 11.5 Å². The van der Waals surface area contributed by atoms with E-state index in [1.165, 1.54) is 6.07 Å². The number of halogens is 5. The molecule has 0 aliphatic rings. The van der Waals surface area contributed by atoms with E-state index >= 15 is 0 Å². The average molecular weight is 388 g/mol. The molecule has 5 nitrogen and oxygen atoms in total. The lowest BCUT2D eigenvalue weighted by atomic mass is 10.2. The molecule has 0 N–H and O–H groups in total. The van der Waals surface area contributed by atoms with E-state index in [0.717, 1.165) is 18.2 Å². The van der Waals surface area contributed by atoms with E-state index in [4.69, 9.17) is 15.3 Å². The quantitative estimate of drug-likeness (QED) is 0.746. The van der Waals surface area contributed by atoms with Gasteiger partial charge in [0, 0.05) is 6.07 Å². The van der Waals surface area contributed by atoms with E-state index in [2.05, 4.69) is 0 Å². The van der Waals surface area contributed by atoms with Gasteiger partial charge in [-0.2, -0.15) is 23.7 Å². The fraction of sp³-hybridized carbons (Fsp3) is 0.0667. The smallest absolute Gasteiger partial charge is 0.456 e. The third-order valence-electron chi connectivity index (χ3n) is 3.00. The van der Waals surface area contributed by atoms with Gasteiger partial charge in [0.2, 0.25) is 0 Å². The molecule has 0 aliphatic heterocycles. The summed E-state index contributed by atoms with van der Waals surface area (Å²) in [5, 5.41) is 17.7. The molecule has 0 radical (unpaired) electrons. The second-order valence-corrected chi connectivity index (χ2v) is 6.61. The van der Waals surface area contributed by atoms with Gasteiger partial charge in [0.25, 0.3) is 9.84 Å². The van der Waals surface area contributed by atoms with Gasteiger partial charge in [-0.15, -0.1) is 0 Å². The molecule has 0 bridgehead atoms. The molecule has 2 rings (SSSR count). The number of alkyl halides is 3. The molecule has 134 valence electrons. The van der Waals surface area contributed by atoms with Crippen molar-refractivity contribution in [3.63, 3.8) is 0 Å². The largest absolute Gasteiger partial charge is 0.502 e. The molecule has 2 aromatic rings. The zero-order valence-electron chi connectivity index (χ0n) is 12.3. The Morgan fingerprint density at radius 3 is 2.19 bits per heavy atom. The molecule has 26 heavy (non-hydrogen) atoms. The molecule has 0 spiro atoms. The van der Waals surface area contributed by atoms with Crippen molar-refractivity contribution in [3.8, 4) is 23.6 Å². The van der Waals surface area contributed by atoms with Gasteiger partial charge in [0.1, 0.15) is 33.8 Å². The topological polar surface area (TPSA) is 90.9 Å². The Bertz CT molecular complexity index is 1070. The number of hydrogen-bond donors (Lipinski definition) is 0. The van der Waals surface area contributed by atoms with Crippen molar-refractivity contribution in [3.05, 3.63) is 53.1 Å². The first-order valence-electron chi connectivity index (χ1n) is 6.43. The normalized spacial score (nSPS) is 11.5. The summed E-state index contributed by atoms with van der Waals surface area (Å²) in [6, 6.07) is 6.38. The third kappa shape index (κ3) is 3.43. The van der Waals surface area contributed by atoms with E-state index in [1.54, 1.807) is 6.07 Å². The predicted octanol–water partition coefficient (Wildman–Crippen LogP) is 3.79. The lowest BCUT2D eigenvalue weighted by Crippen LogP contribution is -2.24. The first-order valence-corrected chi connectivity index (χ1v) is 7.92. The summed E-state index contributed by atoms with van der Waals surface area (Å²) in [5.41, 5.74) is -7.07. The van der Waals surface area contributed by atoms with Crippen LogP contribution >= 0.6 is 0 Å². The lowest BCUT2D eigenvalue weighted by Gasteiger charge is -2.13. The lowest BCUT2D eigenvalue weighted by molar-refractivity contribution is -0.0437. The molecule has 0 heterocycles. The molecule has 11 heteroatoms. The van der Waals surface area contributed by atoms with Crippen LogP contribution in [0.15, 0.2) is 35.2 Å². The number of sulfone groups is 1. The Morgan fingerprint density at radius 2 is 1.65 bits per heavy atom. The van der Waals surface area contributed by atoms with Crippen molar-refractivity contribution in [2.75, 3.05) is 0 Å². The third-order valence-corrected chi connectivity index (χ3v) is 4.51. The van der Waals surface area contributed by atoms with Gasteiger partial charge in [-0.05, 0) is 24.3 Å². The maximum Gasteiger partial charge on any atom is 0.502 e. The SMILES string of the molecule is N#Cc1cc(F)cc(Oc2ccc(S(=O)(=O)C(F)(F)F)c(F)c2C#N)c1. The maximum absolute atomic E-state index is 14.2. The highest BCUT2D eigenvalue weighted by Crippen LogP contribution is 2.36. The summed E-state index contributed by atoms with van der Waals surface area (Å²) in [7, 11) is -6.03. The van der Waals surface area contributed by atoms with Gasteiger partial charge < -0.3 is 4.74 Å². The van der Waals surface area contributed by atoms with Crippen molar-refractivity contribution in [2.24, 2.45) is 0 Å². The van der Waals surface area contributed by atoms with Crippen molar-refractivity contribution >= 4 is 9.84 Å². The molecular weight excluding hydrogens is 383 g/mol. The van der Waals surface area contributed by atoms with Crippen molar-refractivity contribution in [1.82, 2.24) is 0 Å². The molecule has 0 saturated carbocycles. The molecule has 0 atom stereocenters. The van der Waals surface area contributed by atoms with Crippen LogP contribution in [0, 0.1) is 34.3 Å².